The fourth-order valence-electron chi connectivity index (χ4n) is 1.65. The average Bonchev–Trinajstić information content (AvgIpc) is 2.46. The molecule has 0 aliphatic carbocycles. The minimum Gasteiger partial charge on any atom is -0.197 e. The van der Waals surface area contributed by atoms with E-state index in [2.05, 4.69) is 4.28 Å². The van der Waals surface area contributed by atoms with Gasteiger partial charge in [0.25, 0.3) is 0 Å². The van der Waals surface area contributed by atoms with E-state index in [1.165, 1.54) is 6.07 Å². The van der Waals surface area contributed by atoms with Crippen LogP contribution in [0.2, 0.25) is 0 Å². The molecule has 0 unspecified atom stereocenters. The Hall–Kier alpha value is -1.95. The van der Waals surface area contributed by atoms with Gasteiger partial charge in [0.15, 0.2) is 0 Å². The Kier molecular flexibility index (Phi) is 4.11. The van der Waals surface area contributed by atoms with Gasteiger partial charge in [0.05, 0.1) is 0 Å². The molecule has 0 heterocycles. The van der Waals surface area contributed by atoms with Gasteiger partial charge in [-0.2, -0.15) is 18.6 Å². The monoisotopic (exact) mass is 275 g/mol. The summed E-state index contributed by atoms with van der Waals surface area (Å²) >= 11 is 0. The van der Waals surface area contributed by atoms with Crippen LogP contribution in [0.25, 0.3) is 12.2 Å². The smallest absolute Gasteiger partial charge is 0.197 e. The highest BCUT2D eigenvalue weighted by Crippen LogP contribution is 2.19. The fraction of sp³-hybridized carbons (Fsp3) is 0. The van der Waals surface area contributed by atoms with E-state index < -0.39 is 10.1 Å². The first kappa shape index (κ1) is 13.5. The van der Waals surface area contributed by atoms with Crippen molar-refractivity contribution in [3.63, 3.8) is 0 Å². The highest BCUT2D eigenvalue weighted by molar-refractivity contribution is 7.86. The number of hydrogen-bond donors (Lipinski definition) is 1. The van der Waals surface area contributed by atoms with E-state index in [0.717, 1.165) is 5.56 Å². The van der Waals surface area contributed by atoms with Crippen LogP contribution in [0.5, 0.6) is 0 Å². The van der Waals surface area contributed by atoms with Crippen molar-refractivity contribution in [2.24, 2.45) is 5.90 Å². The van der Waals surface area contributed by atoms with Crippen LogP contribution < -0.4 is 5.90 Å². The summed E-state index contributed by atoms with van der Waals surface area (Å²) in [4.78, 5) is 0.0460. The molecule has 0 fully saturated rings. The minimum absolute atomic E-state index is 0.0460. The SMILES string of the molecule is NOS(=O)(=O)c1ccccc1C=Cc1ccccc1. The molecule has 0 aliphatic rings. The van der Waals surface area contributed by atoms with Crippen LogP contribution in [0.1, 0.15) is 11.1 Å². The van der Waals surface area contributed by atoms with Crippen LogP contribution in [-0.2, 0) is 14.4 Å². The molecule has 2 rings (SSSR count). The maximum atomic E-state index is 11.7. The summed E-state index contributed by atoms with van der Waals surface area (Å²) in [6, 6.07) is 16.1. The quantitative estimate of drug-likeness (QED) is 0.687. The summed E-state index contributed by atoms with van der Waals surface area (Å²) in [6.07, 6.45) is 3.53. The molecule has 0 saturated carbocycles. The van der Waals surface area contributed by atoms with Gasteiger partial charge in [0, 0.05) is 0 Å². The lowest BCUT2D eigenvalue weighted by Gasteiger charge is -2.04. The van der Waals surface area contributed by atoms with Crippen molar-refractivity contribution in [3.05, 3.63) is 65.7 Å². The van der Waals surface area contributed by atoms with Crippen molar-refractivity contribution in [2.45, 2.75) is 4.90 Å². The van der Waals surface area contributed by atoms with Crippen molar-refractivity contribution in [3.8, 4) is 0 Å². The van der Waals surface area contributed by atoms with E-state index in [0.29, 0.717) is 5.56 Å². The molecule has 4 nitrogen and oxygen atoms in total. The third kappa shape index (κ3) is 3.29. The van der Waals surface area contributed by atoms with E-state index in [4.69, 9.17) is 5.90 Å². The van der Waals surface area contributed by atoms with Crippen molar-refractivity contribution in [2.75, 3.05) is 0 Å². The van der Waals surface area contributed by atoms with Crippen LogP contribution in [-0.4, -0.2) is 8.42 Å². The van der Waals surface area contributed by atoms with Crippen LogP contribution in [0.4, 0.5) is 0 Å². The van der Waals surface area contributed by atoms with Gasteiger partial charge in [-0.25, -0.2) is 0 Å². The molecule has 0 spiro atoms. The zero-order valence-electron chi connectivity index (χ0n) is 10.1. The summed E-state index contributed by atoms with van der Waals surface area (Å²) < 4.78 is 27.4. The zero-order chi connectivity index (χ0) is 13.7. The molecule has 2 aromatic carbocycles. The largest absolute Gasteiger partial charge is 0.313 e. The van der Waals surface area contributed by atoms with Gasteiger partial charge in [-0.3, -0.25) is 0 Å². The molecule has 0 atom stereocenters. The zero-order valence-corrected chi connectivity index (χ0v) is 10.9. The van der Waals surface area contributed by atoms with Crippen molar-refractivity contribution in [1.29, 1.82) is 0 Å². The van der Waals surface area contributed by atoms with Gasteiger partial charge in [0.2, 0.25) is 0 Å². The van der Waals surface area contributed by atoms with Gasteiger partial charge in [-0.05, 0) is 17.2 Å². The second-order valence-corrected chi connectivity index (χ2v) is 5.37. The number of benzene rings is 2. The molecule has 0 radical (unpaired) electrons. The predicted octanol–water partition coefficient (Wildman–Crippen LogP) is 2.44. The van der Waals surface area contributed by atoms with E-state index in [9.17, 15) is 8.42 Å². The topological polar surface area (TPSA) is 69.4 Å². The average molecular weight is 275 g/mol. The van der Waals surface area contributed by atoms with E-state index in [1.807, 2.05) is 36.4 Å². The molecule has 0 aromatic heterocycles. The Bertz CT molecular complexity index is 679. The van der Waals surface area contributed by atoms with Crippen LogP contribution in [0, 0.1) is 0 Å². The van der Waals surface area contributed by atoms with Gasteiger partial charge in [-0.1, -0.05) is 60.7 Å². The first-order valence-electron chi connectivity index (χ1n) is 5.59. The van der Waals surface area contributed by atoms with Crippen molar-refractivity contribution >= 4 is 22.3 Å². The van der Waals surface area contributed by atoms with E-state index in [-0.39, 0.29) is 4.90 Å². The third-order valence-electron chi connectivity index (χ3n) is 2.57. The normalized spacial score (nSPS) is 11.8. The molecular formula is C14H13NO3S. The molecule has 2 aromatic rings. The Balaban J connectivity index is 2.39. The number of nitrogens with two attached hydrogens (primary N) is 1. The Morgan fingerprint density at radius 1 is 0.895 bits per heavy atom. The fourth-order valence-corrected chi connectivity index (χ4v) is 2.42. The van der Waals surface area contributed by atoms with Gasteiger partial charge in [-0.15, -0.1) is 0 Å². The second-order valence-electron chi connectivity index (χ2n) is 3.83. The molecule has 98 valence electrons. The number of rotatable bonds is 4. The number of hydrogen-bond acceptors (Lipinski definition) is 4. The molecule has 19 heavy (non-hydrogen) atoms. The van der Waals surface area contributed by atoms with E-state index >= 15 is 0 Å². The summed E-state index contributed by atoms with van der Waals surface area (Å²) in [5.74, 6) is 4.80. The van der Waals surface area contributed by atoms with Gasteiger partial charge >= 0.3 is 10.1 Å². The molecule has 0 aliphatic heterocycles. The van der Waals surface area contributed by atoms with Crippen LogP contribution >= 0.6 is 0 Å². The molecule has 5 heteroatoms. The second kappa shape index (κ2) is 5.79. The first-order chi connectivity index (χ1) is 9.13. The summed E-state index contributed by atoms with van der Waals surface area (Å²) in [5, 5.41) is 0. The molecule has 0 amide bonds. The van der Waals surface area contributed by atoms with Gasteiger partial charge in [0.1, 0.15) is 4.90 Å². The summed E-state index contributed by atoms with van der Waals surface area (Å²) in [6.45, 7) is 0. The lowest BCUT2D eigenvalue weighted by atomic mass is 10.1. The highest BCUT2D eigenvalue weighted by atomic mass is 32.2. The lowest BCUT2D eigenvalue weighted by Crippen LogP contribution is -2.12. The van der Waals surface area contributed by atoms with Crippen molar-refractivity contribution in [1.82, 2.24) is 0 Å². The van der Waals surface area contributed by atoms with E-state index in [1.54, 1.807) is 24.3 Å². The Morgan fingerprint density at radius 3 is 2.21 bits per heavy atom. The summed E-state index contributed by atoms with van der Waals surface area (Å²) in [5.41, 5.74) is 1.50. The highest BCUT2D eigenvalue weighted by Gasteiger charge is 2.16. The van der Waals surface area contributed by atoms with Crippen molar-refractivity contribution < 1.29 is 12.7 Å². The minimum atomic E-state index is -3.91. The summed E-state index contributed by atoms with van der Waals surface area (Å²) in [7, 11) is -3.91. The molecule has 0 bridgehead atoms. The van der Waals surface area contributed by atoms with Crippen LogP contribution in [0.15, 0.2) is 59.5 Å². The molecule has 2 N–H and O–H groups in total. The predicted molar refractivity (Wildman–Crippen MR) is 74.3 cm³/mol. The maximum Gasteiger partial charge on any atom is 0.313 e. The van der Waals surface area contributed by atoms with Crippen LogP contribution in [0.3, 0.4) is 0 Å². The lowest BCUT2D eigenvalue weighted by molar-refractivity contribution is 0.333. The van der Waals surface area contributed by atoms with Gasteiger partial charge < -0.3 is 0 Å². The maximum absolute atomic E-state index is 11.7. The Morgan fingerprint density at radius 2 is 1.53 bits per heavy atom. The standard InChI is InChI=1S/C14H13NO3S/c15-18-19(16,17)14-9-5-4-8-13(14)11-10-12-6-2-1-3-7-12/h1-11H,15H2. The molecule has 0 saturated heterocycles. The Labute approximate surface area is 112 Å². The first-order valence-corrected chi connectivity index (χ1v) is 7.00. The third-order valence-corrected chi connectivity index (χ3v) is 3.73. The molecular weight excluding hydrogens is 262 g/mol.